The molecule has 2 N–H and O–H groups in total. The van der Waals surface area contributed by atoms with Crippen molar-refractivity contribution >= 4 is 21.6 Å². The van der Waals surface area contributed by atoms with Crippen molar-refractivity contribution in [2.24, 2.45) is 5.41 Å². The summed E-state index contributed by atoms with van der Waals surface area (Å²) in [5.41, 5.74) is 3.20. The van der Waals surface area contributed by atoms with E-state index in [1.54, 1.807) is 0 Å². The van der Waals surface area contributed by atoms with Crippen molar-refractivity contribution in [3.63, 3.8) is 0 Å². The number of rotatable bonds is 2. The van der Waals surface area contributed by atoms with Crippen LogP contribution in [0.15, 0.2) is 22.7 Å². The Labute approximate surface area is 118 Å². The number of halogens is 1. The Morgan fingerprint density at radius 2 is 2.00 bits per heavy atom. The van der Waals surface area contributed by atoms with Crippen molar-refractivity contribution in [1.82, 2.24) is 5.32 Å². The van der Waals surface area contributed by atoms with Crippen molar-refractivity contribution < 1.29 is 0 Å². The van der Waals surface area contributed by atoms with Gasteiger partial charge in [0.1, 0.15) is 0 Å². The summed E-state index contributed by atoms with van der Waals surface area (Å²) in [5.74, 6) is 0. The third kappa shape index (κ3) is 2.43. The zero-order valence-electron chi connectivity index (χ0n) is 10.9. The molecular weight excluding hydrogens is 288 g/mol. The van der Waals surface area contributed by atoms with Crippen LogP contribution in [0.3, 0.4) is 0 Å². The van der Waals surface area contributed by atoms with E-state index in [1.807, 2.05) is 0 Å². The van der Waals surface area contributed by atoms with Crippen LogP contribution in [0.4, 0.5) is 5.69 Å². The molecule has 0 radical (unpaired) electrons. The van der Waals surface area contributed by atoms with Crippen LogP contribution in [0.2, 0.25) is 0 Å². The highest BCUT2D eigenvalue weighted by Crippen LogP contribution is 2.49. The Kier molecular flexibility index (Phi) is 3.37. The van der Waals surface area contributed by atoms with Gasteiger partial charge in [-0.2, -0.15) is 0 Å². The second-order valence-corrected chi connectivity index (χ2v) is 6.84. The lowest BCUT2D eigenvalue weighted by molar-refractivity contribution is 0.0718. The molecular formula is C15H21BrN2. The van der Waals surface area contributed by atoms with Gasteiger partial charge in [-0.25, -0.2) is 0 Å². The first-order valence-electron chi connectivity index (χ1n) is 6.90. The highest BCUT2D eigenvalue weighted by molar-refractivity contribution is 9.10. The van der Waals surface area contributed by atoms with Crippen LogP contribution in [0, 0.1) is 12.3 Å². The van der Waals surface area contributed by atoms with Gasteiger partial charge in [0, 0.05) is 16.2 Å². The molecule has 1 aliphatic carbocycles. The maximum atomic E-state index is 3.68. The molecule has 2 aliphatic rings. The van der Waals surface area contributed by atoms with Gasteiger partial charge in [-0.15, -0.1) is 0 Å². The van der Waals surface area contributed by atoms with E-state index in [0.29, 0.717) is 11.5 Å². The zero-order chi connectivity index (χ0) is 12.6. The fraction of sp³-hybridized carbons (Fsp3) is 0.600. The minimum absolute atomic E-state index is 0.653. The van der Waals surface area contributed by atoms with Crippen molar-refractivity contribution in [2.75, 3.05) is 18.4 Å². The molecule has 3 heteroatoms. The van der Waals surface area contributed by atoms with E-state index in [1.165, 1.54) is 54.5 Å². The molecule has 1 aromatic carbocycles. The fourth-order valence-electron chi connectivity index (χ4n) is 3.41. The lowest BCUT2D eigenvalue weighted by Crippen LogP contribution is -2.50. The van der Waals surface area contributed by atoms with E-state index >= 15 is 0 Å². The van der Waals surface area contributed by atoms with Gasteiger partial charge in [0.15, 0.2) is 0 Å². The van der Waals surface area contributed by atoms with Gasteiger partial charge in [-0.05, 0) is 84.7 Å². The molecule has 0 amide bonds. The van der Waals surface area contributed by atoms with Crippen LogP contribution in [0.5, 0.6) is 0 Å². The molecule has 1 heterocycles. The lowest BCUT2D eigenvalue weighted by atomic mass is 9.60. The monoisotopic (exact) mass is 308 g/mol. The molecule has 3 rings (SSSR count). The second kappa shape index (κ2) is 4.86. The van der Waals surface area contributed by atoms with Gasteiger partial charge in [0.05, 0.1) is 0 Å². The predicted molar refractivity (Wildman–Crippen MR) is 80.1 cm³/mol. The van der Waals surface area contributed by atoms with Crippen molar-refractivity contribution in [1.29, 1.82) is 0 Å². The number of benzene rings is 1. The maximum Gasteiger partial charge on any atom is 0.0486 e. The van der Waals surface area contributed by atoms with E-state index in [-0.39, 0.29) is 0 Å². The third-order valence-electron chi connectivity index (χ3n) is 4.51. The number of aryl methyl sites for hydroxylation is 1. The van der Waals surface area contributed by atoms with Gasteiger partial charge < -0.3 is 10.6 Å². The Bertz CT molecular complexity index is 430. The van der Waals surface area contributed by atoms with Gasteiger partial charge in [0.2, 0.25) is 0 Å². The highest BCUT2D eigenvalue weighted by atomic mass is 79.9. The SMILES string of the molecule is Cc1ccc(NC2CC3(CCNCC3)C2)c(Br)c1. The second-order valence-electron chi connectivity index (χ2n) is 5.98. The Hall–Kier alpha value is -0.540. The topological polar surface area (TPSA) is 24.1 Å². The van der Waals surface area contributed by atoms with Crippen LogP contribution < -0.4 is 10.6 Å². The molecule has 98 valence electrons. The van der Waals surface area contributed by atoms with Crippen LogP contribution >= 0.6 is 15.9 Å². The first-order chi connectivity index (χ1) is 8.67. The molecule has 0 unspecified atom stereocenters. The quantitative estimate of drug-likeness (QED) is 0.870. The minimum atomic E-state index is 0.653. The molecule has 0 bridgehead atoms. The molecule has 2 nitrogen and oxygen atoms in total. The van der Waals surface area contributed by atoms with E-state index in [9.17, 15) is 0 Å². The van der Waals surface area contributed by atoms with Crippen LogP contribution in [0.1, 0.15) is 31.2 Å². The normalized spacial score (nSPS) is 22.8. The molecule has 1 saturated carbocycles. The summed E-state index contributed by atoms with van der Waals surface area (Å²) in [6, 6.07) is 7.21. The fourth-order valence-corrected chi connectivity index (χ4v) is 4.02. The summed E-state index contributed by atoms with van der Waals surface area (Å²) in [6.07, 6.45) is 5.41. The average Bonchev–Trinajstić information content (AvgIpc) is 2.32. The van der Waals surface area contributed by atoms with E-state index in [2.05, 4.69) is 51.7 Å². The number of piperidine rings is 1. The highest BCUT2D eigenvalue weighted by Gasteiger charge is 2.44. The Balaban J connectivity index is 1.59. The number of anilines is 1. The minimum Gasteiger partial charge on any atom is -0.381 e. The van der Waals surface area contributed by atoms with Crippen molar-refractivity contribution in [3.8, 4) is 0 Å². The van der Waals surface area contributed by atoms with Crippen molar-refractivity contribution in [2.45, 2.75) is 38.6 Å². The zero-order valence-corrected chi connectivity index (χ0v) is 12.5. The van der Waals surface area contributed by atoms with Gasteiger partial charge >= 0.3 is 0 Å². The molecule has 2 fully saturated rings. The summed E-state index contributed by atoms with van der Waals surface area (Å²) in [4.78, 5) is 0. The molecule has 1 saturated heterocycles. The van der Waals surface area contributed by atoms with E-state index < -0.39 is 0 Å². The van der Waals surface area contributed by atoms with Crippen LogP contribution in [-0.4, -0.2) is 19.1 Å². The standard InChI is InChI=1S/C15H21BrN2/c1-11-2-3-14(13(16)8-11)18-12-9-15(10-12)4-6-17-7-5-15/h2-3,8,12,17-18H,4-7,9-10H2,1H3. The first kappa shape index (κ1) is 12.5. The predicted octanol–water partition coefficient (Wildman–Crippen LogP) is 3.70. The lowest BCUT2D eigenvalue weighted by Gasteiger charge is -2.51. The molecule has 1 aromatic rings. The summed E-state index contributed by atoms with van der Waals surface area (Å²) in [6.45, 7) is 4.55. The number of nitrogens with one attached hydrogen (secondary N) is 2. The summed E-state index contributed by atoms with van der Waals surface area (Å²) in [7, 11) is 0. The largest absolute Gasteiger partial charge is 0.381 e. The Morgan fingerprint density at radius 3 is 2.67 bits per heavy atom. The summed E-state index contributed by atoms with van der Waals surface area (Å²) >= 11 is 3.64. The molecule has 0 aromatic heterocycles. The molecule has 1 aliphatic heterocycles. The van der Waals surface area contributed by atoms with Gasteiger partial charge in [0.25, 0.3) is 0 Å². The number of hydrogen-bond donors (Lipinski definition) is 2. The van der Waals surface area contributed by atoms with Crippen LogP contribution in [0.25, 0.3) is 0 Å². The van der Waals surface area contributed by atoms with Crippen molar-refractivity contribution in [3.05, 3.63) is 28.2 Å². The summed E-state index contributed by atoms with van der Waals surface area (Å²) < 4.78 is 1.19. The maximum absolute atomic E-state index is 3.68. The Morgan fingerprint density at radius 1 is 1.28 bits per heavy atom. The molecule has 0 atom stereocenters. The third-order valence-corrected chi connectivity index (χ3v) is 5.16. The van der Waals surface area contributed by atoms with Gasteiger partial charge in [-0.3, -0.25) is 0 Å². The summed E-state index contributed by atoms with van der Waals surface area (Å²) in [5, 5.41) is 7.14. The molecule has 1 spiro atoms. The smallest absolute Gasteiger partial charge is 0.0486 e. The average molecular weight is 309 g/mol. The first-order valence-corrected chi connectivity index (χ1v) is 7.70. The van der Waals surface area contributed by atoms with Gasteiger partial charge in [-0.1, -0.05) is 6.07 Å². The molecule has 18 heavy (non-hydrogen) atoms. The number of hydrogen-bond acceptors (Lipinski definition) is 2. The van der Waals surface area contributed by atoms with E-state index in [4.69, 9.17) is 0 Å². The van der Waals surface area contributed by atoms with Crippen LogP contribution in [-0.2, 0) is 0 Å². The van der Waals surface area contributed by atoms with E-state index in [0.717, 1.165) is 0 Å².